The van der Waals surface area contributed by atoms with E-state index in [1.165, 1.54) is 4.90 Å². The first-order valence-electron chi connectivity index (χ1n) is 12.1. The Hall–Kier alpha value is -4.29. The molecule has 4 atom stereocenters. The summed E-state index contributed by atoms with van der Waals surface area (Å²) in [6.07, 6.45) is 1.70. The SMILES string of the molecule is O=C(c1ccc(Cl)cc1)[C@@H]1[C@@H]2C(=O)N(c3cccc4ccccc34)C(=O)[C@@H]2[C@@H]2c3ccccc3C=NN12. The van der Waals surface area contributed by atoms with Crippen LogP contribution >= 0.6 is 11.6 Å². The molecule has 37 heavy (non-hydrogen) atoms. The number of carbonyl (C=O) groups is 3. The second kappa shape index (κ2) is 8.11. The van der Waals surface area contributed by atoms with Gasteiger partial charge in [-0.15, -0.1) is 0 Å². The third-order valence-corrected chi connectivity index (χ3v) is 7.95. The van der Waals surface area contributed by atoms with E-state index in [2.05, 4.69) is 5.10 Å². The van der Waals surface area contributed by atoms with E-state index < -0.39 is 23.9 Å². The molecule has 7 heteroatoms. The summed E-state index contributed by atoms with van der Waals surface area (Å²) in [5.41, 5.74) is 2.73. The Labute approximate surface area is 217 Å². The van der Waals surface area contributed by atoms with Crippen LogP contribution in [0.2, 0.25) is 5.02 Å². The van der Waals surface area contributed by atoms with Gasteiger partial charge in [0.25, 0.3) is 0 Å². The molecule has 0 saturated carbocycles. The van der Waals surface area contributed by atoms with Crippen molar-refractivity contribution in [1.29, 1.82) is 0 Å². The lowest BCUT2D eigenvalue weighted by atomic mass is 9.83. The normalized spacial score (nSPS) is 23.8. The second-order valence-electron chi connectivity index (χ2n) is 9.58. The van der Waals surface area contributed by atoms with E-state index in [-0.39, 0.29) is 17.6 Å². The van der Waals surface area contributed by atoms with Crippen LogP contribution in [0.25, 0.3) is 10.8 Å². The predicted molar refractivity (Wildman–Crippen MR) is 142 cm³/mol. The van der Waals surface area contributed by atoms with E-state index >= 15 is 0 Å². The molecule has 0 bridgehead atoms. The first kappa shape index (κ1) is 21.9. The van der Waals surface area contributed by atoms with Gasteiger partial charge >= 0.3 is 0 Å². The molecule has 0 aromatic heterocycles. The number of Topliss-reactive ketones (excluding diaryl/α,β-unsaturated/α-hetero) is 1. The van der Waals surface area contributed by atoms with Crippen LogP contribution in [0.4, 0.5) is 5.69 Å². The number of fused-ring (bicyclic) bond motifs is 6. The number of anilines is 1. The first-order chi connectivity index (χ1) is 18.0. The van der Waals surface area contributed by atoms with Crippen molar-refractivity contribution < 1.29 is 14.4 Å². The topological polar surface area (TPSA) is 70.0 Å². The molecule has 4 aromatic rings. The van der Waals surface area contributed by atoms with Gasteiger partial charge in [-0.1, -0.05) is 72.3 Å². The van der Waals surface area contributed by atoms with Crippen molar-refractivity contribution in [2.24, 2.45) is 16.9 Å². The third kappa shape index (κ3) is 3.12. The highest BCUT2D eigenvalue weighted by Gasteiger charge is 2.65. The molecule has 0 N–H and O–H groups in total. The Balaban J connectivity index is 1.40. The molecule has 0 unspecified atom stereocenters. The summed E-state index contributed by atoms with van der Waals surface area (Å²) < 4.78 is 0. The number of hydrogen-bond donors (Lipinski definition) is 0. The lowest BCUT2D eigenvalue weighted by Gasteiger charge is -2.34. The van der Waals surface area contributed by atoms with Gasteiger partial charge in [0.15, 0.2) is 5.78 Å². The molecule has 180 valence electrons. The van der Waals surface area contributed by atoms with E-state index in [0.29, 0.717) is 16.3 Å². The van der Waals surface area contributed by atoms with Gasteiger partial charge in [-0.2, -0.15) is 5.10 Å². The van der Waals surface area contributed by atoms with E-state index in [1.54, 1.807) is 41.6 Å². The number of halogens is 1. The molecule has 2 saturated heterocycles. The molecule has 0 radical (unpaired) electrons. The molecule has 3 aliphatic rings. The minimum Gasteiger partial charge on any atom is -0.292 e. The summed E-state index contributed by atoms with van der Waals surface area (Å²) in [4.78, 5) is 43.5. The molecule has 3 heterocycles. The Morgan fingerprint density at radius 3 is 2.32 bits per heavy atom. The first-order valence-corrected chi connectivity index (χ1v) is 12.5. The quantitative estimate of drug-likeness (QED) is 0.281. The van der Waals surface area contributed by atoms with Crippen LogP contribution in [0.5, 0.6) is 0 Å². The zero-order valence-electron chi connectivity index (χ0n) is 19.5. The zero-order chi connectivity index (χ0) is 25.3. The predicted octanol–water partition coefficient (Wildman–Crippen LogP) is 5.25. The summed E-state index contributed by atoms with van der Waals surface area (Å²) in [7, 11) is 0. The monoisotopic (exact) mass is 505 g/mol. The summed E-state index contributed by atoms with van der Waals surface area (Å²) in [6.45, 7) is 0. The number of hydrazone groups is 1. The van der Waals surface area contributed by atoms with Gasteiger partial charge in [0.1, 0.15) is 6.04 Å². The highest BCUT2D eigenvalue weighted by atomic mass is 35.5. The standard InChI is InChI=1S/C30H20ClN3O3/c31-20-14-12-18(13-15-20)28(35)27-25-24(26-22-10-4-2-7-19(22)16-32-34(26)27)29(36)33(30(25)37)23-11-5-8-17-6-1-3-9-21(17)23/h1-16,24-27H/t24-,25+,26-,27-/m0/s1. The lowest BCUT2D eigenvalue weighted by Crippen LogP contribution is -2.44. The summed E-state index contributed by atoms with van der Waals surface area (Å²) in [5.74, 6) is -2.55. The number of rotatable bonds is 3. The highest BCUT2D eigenvalue weighted by Crippen LogP contribution is 2.53. The van der Waals surface area contributed by atoms with E-state index in [9.17, 15) is 14.4 Å². The number of carbonyl (C=O) groups excluding carboxylic acids is 3. The van der Waals surface area contributed by atoms with Gasteiger partial charge in [-0.05, 0) is 46.8 Å². The van der Waals surface area contributed by atoms with Gasteiger partial charge < -0.3 is 0 Å². The van der Waals surface area contributed by atoms with Crippen molar-refractivity contribution in [3.63, 3.8) is 0 Å². The largest absolute Gasteiger partial charge is 0.292 e. The molecule has 2 fully saturated rings. The Morgan fingerprint density at radius 1 is 0.784 bits per heavy atom. The highest BCUT2D eigenvalue weighted by molar-refractivity contribution is 6.30. The lowest BCUT2D eigenvalue weighted by molar-refractivity contribution is -0.124. The molecule has 0 spiro atoms. The summed E-state index contributed by atoms with van der Waals surface area (Å²) in [6, 6.07) is 26.1. The van der Waals surface area contributed by atoms with E-state index in [4.69, 9.17) is 11.6 Å². The van der Waals surface area contributed by atoms with Gasteiger partial charge in [-0.25, -0.2) is 4.90 Å². The molecule has 2 amide bonds. The fourth-order valence-corrected chi connectivity index (χ4v) is 6.22. The van der Waals surface area contributed by atoms with Crippen LogP contribution < -0.4 is 4.90 Å². The zero-order valence-corrected chi connectivity index (χ0v) is 20.2. The van der Waals surface area contributed by atoms with E-state index in [0.717, 1.165) is 21.9 Å². The average Bonchev–Trinajstić information content (AvgIpc) is 3.40. The average molecular weight is 506 g/mol. The van der Waals surface area contributed by atoms with Gasteiger partial charge in [0, 0.05) is 16.0 Å². The van der Waals surface area contributed by atoms with Gasteiger partial charge in [0.05, 0.1) is 29.8 Å². The number of ketones is 1. The maximum absolute atomic E-state index is 14.2. The summed E-state index contributed by atoms with van der Waals surface area (Å²) in [5, 5.41) is 8.54. The molecular weight excluding hydrogens is 486 g/mol. The number of amides is 2. The van der Waals surface area contributed by atoms with Crippen molar-refractivity contribution in [3.05, 3.63) is 113 Å². The molecule has 0 aliphatic carbocycles. The van der Waals surface area contributed by atoms with Crippen LogP contribution in [0.15, 0.2) is 96.1 Å². The molecule has 4 aromatic carbocycles. The maximum Gasteiger partial charge on any atom is 0.240 e. The van der Waals surface area contributed by atoms with Crippen LogP contribution in [0, 0.1) is 11.8 Å². The Morgan fingerprint density at radius 2 is 1.49 bits per heavy atom. The van der Waals surface area contributed by atoms with Crippen LogP contribution in [0.1, 0.15) is 27.5 Å². The van der Waals surface area contributed by atoms with Crippen LogP contribution in [-0.2, 0) is 9.59 Å². The summed E-state index contributed by atoms with van der Waals surface area (Å²) >= 11 is 6.06. The number of hydrogen-bond acceptors (Lipinski definition) is 5. The minimum absolute atomic E-state index is 0.258. The van der Waals surface area contributed by atoms with Crippen molar-refractivity contribution in [3.8, 4) is 0 Å². The Kier molecular flexibility index (Phi) is 4.81. The van der Waals surface area contributed by atoms with Crippen molar-refractivity contribution in [2.75, 3.05) is 4.90 Å². The van der Waals surface area contributed by atoms with Crippen LogP contribution in [-0.4, -0.2) is 34.9 Å². The van der Waals surface area contributed by atoms with E-state index in [1.807, 2.05) is 60.7 Å². The number of nitrogens with zero attached hydrogens (tertiary/aromatic N) is 3. The molecule has 3 aliphatic heterocycles. The Bertz CT molecular complexity index is 1640. The number of benzene rings is 4. The number of imide groups is 1. The molecule has 7 rings (SSSR count). The molecule has 6 nitrogen and oxygen atoms in total. The minimum atomic E-state index is -0.919. The van der Waals surface area contributed by atoms with Crippen molar-refractivity contribution in [1.82, 2.24) is 5.01 Å². The van der Waals surface area contributed by atoms with Crippen molar-refractivity contribution in [2.45, 2.75) is 12.1 Å². The second-order valence-corrected chi connectivity index (χ2v) is 10.0. The van der Waals surface area contributed by atoms with Gasteiger partial charge in [-0.3, -0.25) is 19.4 Å². The third-order valence-electron chi connectivity index (χ3n) is 7.70. The maximum atomic E-state index is 14.2. The molecular formula is C30H20ClN3O3. The van der Waals surface area contributed by atoms with Crippen molar-refractivity contribution >= 4 is 51.9 Å². The smallest absolute Gasteiger partial charge is 0.240 e. The fraction of sp³-hybridized carbons (Fsp3) is 0.133. The fourth-order valence-electron chi connectivity index (χ4n) is 6.09. The van der Waals surface area contributed by atoms with Crippen LogP contribution in [0.3, 0.4) is 0 Å². The van der Waals surface area contributed by atoms with Gasteiger partial charge in [0.2, 0.25) is 11.8 Å².